The number of ether oxygens (including phenoxy) is 1. The number of nitrogens with zero attached hydrogens (tertiary/aromatic N) is 1. The summed E-state index contributed by atoms with van der Waals surface area (Å²) in [7, 11) is 0. The zero-order valence-corrected chi connectivity index (χ0v) is 13.5. The van der Waals surface area contributed by atoms with E-state index in [1.54, 1.807) is 0 Å². The Kier molecular flexibility index (Phi) is 5.09. The average Bonchev–Trinajstić information content (AvgIpc) is 3.07. The van der Waals surface area contributed by atoms with Crippen molar-refractivity contribution < 1.29 is 9.53 Å². The van der Waals surface area contributed by atoms with E-state index in [-0.39, 0.29) is 18.1 Å². The minimum Gasteiger partial charge on any atom is -0.465 e. The molecule has 2 aromatic carbocycles. The van der Waals surface area contributed by atoms with Crippen LogP contribution < -0.4 is 0 Å². The largest absolute Gasteiger partial charge is 0.465 e. The SMILES string of the molecule is CCOC(=O)[C@@H]1CCCN1C(c1ccccc1)c1ccccc1. The highest BCUT2D eigenvalue weighted by Gasteiger charge is 2.37. The maximum absolute atomic E-state index is 12.4. The van der Waals surface area contributed by atoms with Gasteiger partial charge in [0.2, 0.25) is 0 Å². The molecule has 0 unspecified atom stereocenters. The highest BCUT2D eigenvalue weighted by molar-refractivity contribution is 5.76. The normalized spacial score (nSPS) is 18.3. The molecule has 0 spiro atoms. The van der Waals surface area contributed by atoms with Crippen LogP contribution in [0.1, 0.15) is 36.9 Å². The van der Waals surface area contributed by atoms with E-state index in [4.69, 9.17) is 4.74 Å². The van der Waals surface area contributed by atoms with E-state index in [0.29, 0.717) is 6.61 Å². The monoisotopic (exact) mass is 309 g/mol. The predicted octanol–water partition coefficient (Wildman–Crippen LogP) is 3.80. The number of esters is 1. The molecular weight excluding hydrogens is 286 g/mol. The van der Waals surface area contributed by atoms with Gasteiger partial charge >= 0.3 is 5.97 Å². The van der Waals surface area contributed by atoms with Gasteiger partial charge in [0.15, 0.2) is 0 Å². The number of hydrogen-bond acceptors (Lipinski definition) is 3. The van der Waals surface area contributed by atoms with Crippen LogP contribution in [0.4, 0.5) is 0 Å². The summed E-state index contributed by atoms with van der Waals surface area (Å²) in [4.78, 5) is 14.7. The smallest absolute Gasteiger partial charge is 0.323 e. The Balaban J connectivity index is 1.97. The first-order chi connectivity index (χ1) is 11.3. The Morgan fingerprint density at radius 1 is 1.09 bits per heavy atom. The Morgan fingerprint density at radius 2 is 1.65 bits per heavy atom. The molecule has 1 fully saturated rings. The van der Waals surface area contributed by atoms with Crippen LogP contribution in [0.2, 0.25) is 0 Å². The average molecular weight is 309 g/mol. The highest BCUT2D eigenvalue weighted by Crippen LogP contribution is 2.35. The zero-order chi connectivity index (χ0) is 16.1. The second kappa shape index (κ2) is 7.42. The summed E-state index contributed by atoms with van der Waals surface area (Å²) < 4.78 is 5.30. The fourth-order valence-corrected chi connectivity index (χ4v) is 3.44. The quantitative estimate of drug-likeness (QED) is 0.787. The lowest BCUT2D eigenvalue weighted by Gasteiger charge is -2.32. The first-order valence-corrected chi connectivity index (χ1v) is 8.33. The van der Waals surface area contributed by atoms with Crippen molar-refractivity contribution in [2.24, 2.45) is 0 Å². The third kappa shape index (κ3) is 3.45. The van der Waals surface area contributed by atoms with E-state index in [0.717, 1.165) is 19.4 Å². The molecule has 1 atom stereocenters. The number of rotatable bonds is 5. The number of carbonyl (C=O) groups excluding carboxylic acids is 1. The van der Waals surface area contributed by atoms with E-state index in [1.807, 2.05) is 19.1 Å². The van der Waals surface area contributed by atoms with E-state index >= 15 is 0 Å². The van der Waals surface area contributed by atoms with E-state index < -0.39 is 0 Å². The van der Waals surface area contributed by atoms with Crippen LogP contribution in [0.5, 0.6) is 0 Å². The van der Waals surface area contributed by atoms with Gasteiger partial charge in [-0.3, -0.25) is 9.69 Å². The van der Waals surface area contributed by atoms with Crippen molar-refractivity contribution in [3.8, 4) is 0 Å². The summed E-state index contributed by atoms with van der Waals surface area (Å²) in [5.41, 5.74) is 2.43. The molecule has 1 saturated heterocycles. The van der Waals surface area contributed by atoms with Crippen molar-refractivity contribution in [2.45, 2.75) is 31.8 Å². The molecule has 120 valence electrons. The van der Waals surface area contributed by atoms with Crippen LogP contribution in [0, 0.1) is 0 Å². The van der Waals surface area contributed by atoms with E-state index in [9.17, 15) is 4.79 Å². The van der Waals surface area contributed by atoms with Gasteiger partial charge in [-0.2, -0.15) is 0 Å². The fourth-order valence-electron chi connectivity index (χ4n) is 3.44. The minimum absolute atomic E-state index is 0.0920. The number of hydrogen-bond donors (Lipinski definition) is 0. The van der Waals surface area contributed by atoms with Crippen LogP contribution in [0.25, 0.3) is 0 Å². The predicted molar refractivity (Wildman–Crippen MR) is 91.1 cm³/mol. The molecule has 1 heterocycles. The lowest BCUT2D eigenvalue weighted by atomic mass is 9.96. The lowest BCUT2D eigenvalue weighted by Crippen LogP contribution is -2.40. The van der Waals surface area contributed by atoms with Gasteiger partial charge in [-0.1, -0.05) is 60.7 Å². The van der Waals surface area contributed by atoms with E-state index in [2.05, 4.69) is 53.4 Å². The van der Waals surface area contributed by atoms with E-state index in [1.165, 1.54) is 11.1 Å². The fraction of sp³-hybridized carbons (Fsp3) is 0.350. The standard InChI is InChI=1S/C20H23NO2/c1-2-23-20(22)18-14-9-15-21(18)19(16-10-5-3-6-11-16)17-12-7-4-8-13-17/h3-8,10-13,18-19H,2,9,14-15H2,1H3/t18-/m0/s1. The number of likely N-dealkylation sites (tertiary alicyclic amines) is 1. The summed E-state index contributed by atoms with van der Waals surface area (Å²) in [5.74, 6) is -0.0955. The molecule has 23 heavy (non-hydrogen) atoms. The maximum atomic E-state index is 12.4. The van der Waals surface area contributed by atoms with Crippen LogP contribution in [0.15, 0.2) is 60.7 Å². The Morgan fingerprint density at radius 3 is 2.17 bits per heavy atom. The summed E-state index contributed by atoms with van der Waals surface area (Å²) in [6, 6.07) is 20.8. The van der Waals surface area contributed by atoms with Crippen molar-refractivity contribution in [3.05, 3.63) is 71.8 Å². The second-order valence-corrected chi connectivity index (χ2v) is 5.87. The molecule has 0 bridgehead atoms. The van der Waals surface area contributed by atoms with Crippen molar-refractivity contribution >= 4 is 5.97 Å². The summed E-state index contributed by atoms with van der Waals surface area (Å²) in [6.45, 7) is 3.21. The molecule has 0 aromatic heterocycles. The topological polar surface area (TPSA) is 29.5 Å². The van der Waals surface area contributed by atoms with Gasteiger partial charge in [0, 0.05) is 6.54 Å². The third-order valence-electron chi connectivity index (χ3n) is 4.42. The molecule has 0 N–H and O–H groups in total. The third-order valence-corrected chi connectivity index (χ3v) is 4.42. The molecule has 0 aliphatic carbocycles. The Labute approximate surface area is 137 Å². The van der Waals surface area contributed by atoms with Crippen molar-refractivity contribution in [1.82, 2.24) is 4.90 Å². The maximum Gasteiger partial charge on any atom is 0.323 e. The highest BCUT2D eigenvalue weighted by atomic mass is 16.5. The minimum atomic E-state index is -0.152. The van der Waals surface area contributed by atoms with Gasteiger partial charge in [-0.05, 0) is 30.9 Å². The Bertz CT molecular complexity index is 587. The lowest BCUT2D eigenvalue weighted by molar-refractivity contribution is -0.149. The summed E-state index contributed by atoms with van der Waals surface area (Å²) >= 11 is 0. The van der Waals surface area contributed by atoms with Gasteiger partial charge < -0.3 is 4.74 Å². The molecule has 0 saturated carbocycles. The van der Waals surface area contributed by atoms with Crippen LogP contribution in [0.3, 0.4) is 0 Å². The molecule has 0 radical (unpaired) electrons. The Hall–Kier alpha value is -2.13. The second-order valence-electron chi connectivity index (χ2n) is 5.87. The molecule has 1 aliphatic heterocycles. The van der Waals surface area contributed by atoms with Crippen molar-refractivity contribution in [3.63, 3.8) is 0 Å². The molecule has 2 aromatic rings. The van der Waals surface area contributed by atoms with Crippen molar-refractivity contribution in [1.29, 1.82) is 0 Å². The molecule has 1 aliphatic rings. The van der Waals surface area contributed by atoms with Gasteiger partial charge in [-0.25, -0.2) is 0 Å². The molecule has 3 nitrogen and oxygen atoms in total. The van der Waals surface area contributed by atoms with Gasteiger partial charge in [-0.15, -0.1) is 0 Å². The molecular formula is C20H23NO2. The number of benzene rings is 2. The first kappa shape index (κ1) is 15.8. The summed E-state index contributed by atoms with van der Waals surface area (Å²) in [6.07, 6.45) is 1.90. The molecule has 3 heteroatoms. The van der Waals surface area contributed by atoms with Crippen LogP contribution >= 0.6 is 0 Å². The van der Waals surface area contributed by atoms with Gasteiger partial charge in [0.25, 0.3) is 0 Å². The molecule has 0 amide bonds. The summed E-state index contributed by atoms with van der Waals surface area (Å²) in [5, 5.41) is 0. The van der Waals surface area contributed by atoms with Gasteiger partial charge in [0.05, 0.1) is 12.6 Å². The van der Waals surface area contributed by atoms with Crippen LogP contribution in [-0.4, -0.2) is 30.1 Å². The number of carbonyl (C=O) groups is 1. The van der Waals surface area contributed by atoms with Crippen molar-refractivity contribution in [2.75, 3.05) is 13.2 Å². The van der Waals surface area contributed by atoms with Gasteiger partial charge in [0.1, 0.15) is 6.04 Å². The first-order valence-electron chi connectivity index (χ1n) is 8.33. The zero-order valence-electron chi connectivity index (χ0n) is 13.5. The molecule has 3 rings (SSSR count). The van der Waals surface area contributed by atoms with Crippen LogP contribution in [-0.2, 0) is 9.53 Å².